The molecule has 3 aliphatic heterocycles. The van der Waals surface area contributed by atoms with Crippen molar-refractivity contribution >= 4 is 18.0 Å². The van der Waals surface area contributed by atoms with Crippen LogP contribution in [0.3, 0.4) is 0 Å². The first-order valence-corrected chi connectivity index (χ1v) is 9.38. The van der Waals surface area contributed by atoms with Gasteiger partial charge in [-0.1, -0.05) is 0 Å². The van der Waals surface area contributed by atoms with Crippen LogP contribution in [-0.2, 0) is 28.5 Å². The summed E-state index contributed by atoms with van der Waals surface area (Å²) in [5.74, 6) is -0.254. The predicted octanol–water partition coefficient (Wildman–Crippen LogP) is 1.44. The summed E-state index contributed by atoms with van der Waals surface area (Å²) in [7, 11) is 0. The quantitative estimate of drug-likeness (QED) is 0.498. The zero-order valence-electron chi connectivity index (χ0n) is 16.3. The van der Waals surface area contributed by atoms with Crippen molar-refractivity contribution in [2.24, 2.45) is 0 Å². The van der Waals surface area contributed by atoms with Crippen LogP contribution in [0.5, 0.6) is 0 Å². The number of nitriles is 1. The van der Waals surface area contributed by atoms with Gasteiger partial charge in [-0.05, 0) is 12.5 Å². The summed E-state index contributed by atoms with van der Waals surface area (Å²) in [6, 6.07) is 1.67. The summed E-state index contributed by atoms with van der Waals surface area (Å²) in [6.45, 7) is 2.48. The van der Waals surface area contributed by atoms with Crippen LogP contribution >= 0.6 is 0 Å². The third kappa shape index (κ3) is 5.06. The van der Waals surface area contributed by atoms with E-state index < -0.39 is 42.6 Å². The van der Waals surface area contributed by atoms with Crippen molar-refractivity contribution in [2.75, 3.05) is 6.61 Å². The van der Waals surface area contributed by atoms with Gasteiger partial charge in [-0.15, -0.1) is 0 Å². The highest BCUT2D eigenvalue weighted by molar-refractivity contribution is 5.78. The van der Waals surface area contributed by atoms with E-state index in [1.807, 2.05) is 6.08 Å². The average Bonchev–Trinajstić information content (AvgIpc) is 3.22. The van der Waals surface area contributed by atoms with Gasteiger partial charge in [-0.2, -0.15) is 5.26 Å². The smallest absolute Gasteiger partial charge is 0.326 e. The molecule has 1 N–H and O–H groups in total. The zero-order chi connectivity index (χ0) is 21.0. The summed E-state index contributed by atoms with van der Waals surface area (Å²) in [5.41, 5.74) is 0.757. The van der Waals surface area contributed by atoms with Crippen molar-refractivity contribution in [1.82, 2.24) is 10.2 Å². The van der Waals surface area contributed by atoms with E-state index in [2.05, 4.69) is 11.4 Å². The van der Waals surface area contributed by atoms with Gasteiger partial charge in [-0.3, -0.25) is 19.8 Å². The minimum Gasteiger partial charge on any atom is -0.471 e. The molecule has 10 heteroatoms. The Balaban J connectivity index is 1.70. The van der Waals surface area contributed by atoms with Gasteiger partial charge in [0, 0.05) is 44.9 Å². The number of fused-ring (bicyclic) bond motifs is 1. The van der Waals surface area contributed by atoms with Crippen molar-refractivity contribution in [1.29, 1.82) is 5.26 Å². The maximum atomic E-state index is 12.5. The minimum atomic E-state index is -0.690. The number of unbranched alkanes of at least 4 members (excludes halogenated alkanes) is 1. The van der Waals surface area contributed by atoms with Gasteiger partial charge in [0.2, 0.25) is 6.23 Å². The van der Waals surface area contributed by atoms with Crippen LogP contribution in [0.2, 0.25) is 0 Å². The standard InChI is InChI=1S/C19H23N3O7/c1-11(23)26-10-16-15(27-12(2)24)8-17(29-16)22-9-13-7-14(5-3-4-6-20)28-18(13)21-19(22)25/h7,9,15-18H,3-5,8,10H2,1-2H3,(H,21,25). The highest BCUT2D eigenvalue weighted by Crippen LogP contribution is 2.32. The maximum absolute atomic E-state index is 12.5. The average molecular weight is 405 g/mol. The van der Waals surface area contributed by atoms with E-state index in [-0.39, 0.29) is 13.0 Å². The first kappa shape index (κ1) is 20.7. The number of urea groups is 1. The summed E-state index contributed by atoms with van der Waals surface area (Å²) in [6.07, 6.45) is 2.86. The first-order valence-electron chi connectivity index (χ1n) is 9.38. The first-order chi connectivity index (χ1) is 13.9. The number of nitrogens with zero attached hydrogens (tertiary/aromatic N) is 2. The number of allylic oxidation sites excluding steroid dienone is 1. The second kappa shape index (κ2) is 8.96. The summed E-state index contributed by atoms with van der Waals surface area (Å²) in [4.78, 5) is 36.4. The fourth-order valence-corrected chi connectivity index (χ4v) is 3.38. The Bertz CT molecular complexity index is 785. The van der Waals surface area contributed by atoms with Gasteiger partial charge >= 0.3 is 18.0 Å². The minimum absolute atomic E-state index is 0.0789. The molecule has 0 aliphatic carbocycles. The molecule has 2 amide bonds. The Labute approximate surface area is 168 Å². The van der Waals surface area contributed by atoms with E-state index in [4.69, 9.17) is 24.2 Å². The summed E-state index contributed by atoms with van der Waals surface area (Å²) < 4.78 is 21.8. The monoisotopic (exact) mass is 405 g/mol. The van der Waals surface area contributed by atoms with Gasteiger partial charge < -0.3 is 18.9 Å². The van der Waals surface area contributed by atoms with E-state index >= 15 is 0 Å². The van der Waals surface area contributed by atoms with Gasteiger partial charge in [0.25, 0.3) is 0 Å². The van der Waals surface area contributed by atoms with Crippen molar-refractivity contribution < 1.29 is 33.3 Å². The van der Waals surface area contributed by atoms with Crippen molar-refractivity contribution in [3.8, 4) is 6.07 Å². The Hall–Kier alpha value is -3.06. The second-order valence-corrected chi connectivity index (χ2v) is 6.92. The van der Waals surface area contributed by atoms with Crippen LogP contribution in [0.4, 0.5) is 4.79 Å². The highest BCUT2D eigenvalue weighted by atomic mass is 16.6. The molecule has 29 heavy (non-hydrogen) atoms. The highest BCUT2D eigenvalue weighted by Gasteiger charge is 2.44. The lowest BCUT2D eigenvalue weighted by Gasteiger charge is -2.31. The molecule has 0 aromatic carbocycles. The number of esters is 2. The van der Waals surface area contributed by atoms with E-state index in [1.54, 1.807) is 6.20 Å². The second-order valence-electron chi connectivity index (χ2n) is 6.92. The van der Waals surface area contributed by atoms with Gasteiger partial charge in [0.1, 0.15) is 25.0 Å². The molecule has 4 atom stereocenters. The summed E-state index contributed by atoms with van der Waals surface area (Å²) >= 11 is 0. The fourth-order valence-electron chi connectivity index (χ4n) is 3.38. The largest absolute Gasteiger partial charge is 0.471 e. The SMILES string of the molecule is CC(=O)OCC1OC(N2C=C3C=C(CCCC#N)OC3NC2=O)CC1OC(C)=O. The molecular weight excluding hydrogens is 382 g/mol. The predicted molar refractivity (Wildman–Crippen MR) is 96.3 cm³/mol. The Morgan fingerprint density at radius 3 is 2.86 bits per heavy atom. The van der Waals surface area contributed by atoms with Gasteiger partial charge in [-0.25, -0.2) is 4.79 Å². The molecule has 3 aliphatic rings. The number of ether oxygens (including phenoxy) is 4. The molecular formula is C19H23N3O7. The molecule has 4 unspecified atom stereocenters. The molecule has 0 bridgehead atoms. The summed E-state index contributed by atoms with van der Waals surface area (Å²) in [5, 5.41) is 11.4. The lowest BCUT2D eigenvalue weighted by Crippen LogP contribution is -2.51. The Kier molecular flexibility index (Phi) is 6.39. The number of nitrogens with one attached hydrogen (secondary N) is 1. The van der Waals surface area contributed by atoms with Crippen LogP contribution in [0.15, 0.2) is 23.6 Å². The molecule has 0 aromatic heterocycles. The number of rotatable bonds is 7. The van der Waals surface area contributed by atoms with Crippen molar-refractivity contribution in [3.05, 3.63) is 23.6 Å². The molecule has 0 saturated carbocycles. The van der Waals surface area contributed by atoms with E-state index in [9.17, 15) is 14.4 Å². The molecule has 3 rings (SSSR count). The lowest BCUT2D eigenvalue weighted by atomic mass is 10.1. The number of carbonyl (C=O) groups excluding carboxylic acids is 3. The molecule has 0 aromatic rings. The van der Waals surface area contributed by atoms with E-state index in [0.717, 1.165) is 5.57 Å². The van der Waals surface area contributed by atoms with Crippen LogP contribution in [-0.4, -0.2) is 54.1 Å². The Morgan fingerprint density at radius 2 is 2.17 bits per heavy atom. The van der Waals surface area contributed by atoms with Crippen LogP contribution in [0, 0.1) is 11.3 Å². The number of amides is 2. The van der Waals surface area contributed by atoms with E-state index in [1.165, 1.54) is 18.7 Å². The molecule has 0 radical (unpaired) electrons. The molecule has 10 nitrogen and oxygen atoms in total. The van der Waals surface area contributed by atoms with Crippen LogP contribution < -0.4 is 5.32 Å². The van der Waals surface area contributed by atoms with Crippen molar-refractivity contribution in [3.63, 3.8) is 0 Å². The maximum Gasteiger partial charge on any atom is 0.326 e. The molecule has 1 saturated heterocycles. The van der Waals surface area contributed by atoms with E-state index in [0.29, 0.717) is 25.0 Å². The fraction of sp³-hybridized carbons (Fsp3) is 0.579. The third-order valence-electron chi connectivity index (χ3n) is 4.65. The number of carbonyl (C=O) groups is 3. The number of hydrogen-bond donors (Lipinski definition) is 1. The Morgan fingerprint density at radius 1 is 1.38 bits per heavy atom. The molecule has 0 spiro atoms. The van der Waals surface area contributed by atoms with Crippen LogP contribution in [0.25, 0.3) is 0 Å². The topological polar surface area (TPSA) is 127 Å². The third-order valence-corrected chi connectivity index (χ3v) is 4.65. The molecule has 1 fully saturated rings. The number of hydrogen-bond acceptors (Lipinski definition) is 8. The lowest BCUT2D eigenvalue weighted by molar-refractivity contribution is -0.155. The zero-order valence-corrected chi connectivity index (χ0v) is 16.3. The van der Waals surface area contributed by atoms with Gasteiger partial charge in [0.15, 0.2) is 0 Å². The molecule has 3 heterocycles. The molecule has 156 valence electrons. The van der Waals surface area contributed by atoms with Crippen LogP contribution in [0.1, 0.15) is 39.5 Å². The normalized spacial score (nSPS) is 27.8. The van der Waals surface area contributed by atoms with Gasteiger partial charge in [0.05, 0.1) is 11.8 Å². The van der Waals surface area contributed by atoms with Crippen molar-refractivity contribution in [2.45, 2.75) is 64.2 Å².